The fourth-order valence-corrected chi connectivity index (χ4v) is 11.6. The molecule has 2 unspecified atom stereocenters. The molecule has 368 valence electrons. The fraction of sp³-hybridized carbons (Fsp3) is 0.302. The summed E-state index contributed by atoms with van der Waals surface area (Å²) in [5, 5.41) is 28.5. The number of pyridine rings is 2. The normalized spacial score (nSPS) is 21.1. The zero-order chi connectivity index (χ0) is 51.5. The Morgan fingerprint density at radius 3 is 1.94 bits per heavy atom. The molecule has 0 bridgehead atoms. The molecule has 72 heavy (non-hydrogen) atoms. The average Bonchev–Trinajstić information content (AvgIpc) is 4.21. The van der Waals surface area contributed by atoms with Gasteiger partial charge in [0, 0.05) is 55.9 Å². The van der Waals surface area contributed by atoms with Crippen LogP contribution >= 0.6 is 38.6 Å². The lowest BCUT2D eigenvalue weighted by Gasteiger charge is -2.38. The van der Waals surface area contributed by atoms with Gasteiger partial charge in [0.25, 0.3) is 0 Å². The van der Waals surface area contributed by atoms with Crippen LogP contribution in [0, 0.1) is 48.3 Å². The highest BCUT2D eigenvalue weighted by molar-refractivity contribution is 9.10. The largest absolute Gasteiger partial charge is 0.444 e. The molecule has 4 aliphatic heterocycles. The van der Waals surface area contributed by atoms with Crippen LogP contribution in [0.1, 0.15) is 52.8 Å². The fourth-order valence-electron chi connectivity index (χ4n) is 9.10. The van der Waals surface area contributed by atoms with Crippen molar-refractivity contribution < 1.29 is 19.1 Å². The molecule has 2 aromatic carbocycles. The number of nitrogens with two attached hydrogens (primary N) is 1. The van der Waals surface area contributed by atoms with Gasteiger partial charge in [-0.25, -0.2) is 24.7 Å². The zero-order valence-corrected chi connectivity index (χ0v) is 44.0. The summed E-state index contributed by atoms with van der Waals surface area (Å²) in [6, 6.07) is 31.2. The first-order chi connectivity index (χ1) is 34.4. The molecule has 2 saturated heterocycles. The Morgan fingerprint density at radius 1 is 0.806 bits per heavy atom. The topological polar surface area (TPSA) is 218 Å². The summed E-state index contributed by atoms with van der Waals surface area (Å²) in [6.07, 6.45) is 2.88. The highest BCUT2D eigenvalue weighted by Crippen LogP contribution is 2.49. The first-order valence-corrected chi connectivity index (χ1v) is 25.6. The number of ether oxygens (including phenoxy) is 1. The molecule has 6 aromatic rings. The van der Waals surface area contributed by atoms with E-state index in [0.29, 0.717) is 37.3 Å². The Kier molecular flexibility index (Phi) is 14.8. The number of aryl methyl sites for hydroxylation is 2. The third-order valence-corrected chi connectivity index (χ3v) is 15.8. The third-order valence-electron chi connectivity index (χ3n) is 12.8. The maximum absolute atomic E-state index is 13.3. The molecular formula is C53H53BrN12O4S2. The summed E-state index contributed by atoms with van der Waals surface area (Å²) in [5.74, 6) is 0.376. The highest BCUT2D eigenvalue weighted by Gasteiger charge is 2.57. The molecule has 19 heteroatoms. The second-order valence-electron chi connectivity index (χ2n) is 18.8. The van der Waals surface area contributed by atoms with Crippen molar-refractivity contribution in [3.05, 3.63) is 145 Å². The van der Waals surface area contributed by atoms with E-state index in [1.165, 1.54) is 26.7 Å². The standard InChI is InChI=1S/C24H22N6OS.C23H25N5O3S.C6H6BrN/c1-15-5-4-8-27-21(15)30-12-19-22(31)29(2)23(26)28-24(19,14-30)20-10-18(13-32-20)17-7-3-6-16(9-17)11-25;1-22(2,3)31-21(30)26-20-27-23(13-25-11-17(23)19(29)28(20)4)18-9-16(12-32-18)15-7-5-6-14(8-15)10-24;1-5-3-2-4-8-6(5)7/h3-10,13,19H,12,14H2,1-2H3,(H2,26,28);5-9,12,17,25H,11,13H2,1-4H3,(H,26,27,30);2-4H,1H3/t19?,24-;17?,23-;/m00./s1. The number of hydrogen-bond donors (Lipinski definition) is 3. The van der Waals surface area contributed by atoms with Crippen LogP contribution in [0.4, 0.5) is 10.6 Å². The monoisotopic (exact) mass is 1060 g/mol. The van der Waals surface area contributed by atoms with Gasteiger partial charge in [-0.3, -0.25) is 24.7 Å². The van der Waals surface area contributed by atoms with Gasteiger partial charge >= 0.3 is 6.09 Å². The van der Waals surface area contributed by atoms with Gasteiger partial charge in [-0.15, -0.1) is 22.7 Å². The first-order valence-electron chi connectivity index (χ1n) is 23.0. The molecule has 4 aliphatic rings. The molecule has 10 rings (SSSR count). The number of rotatable bonds is 5. The van der Waals surface area contributed by atoms with E-state index in [9.17, 15) is 24.9 Å². The number of aliphatic imine (C=N–C) groups is 2. The number of guanidine groups is 2. The van der Waals surface area contributed by atoms with Crippen molar-refractivity contribution in [2.24, 2.45) is 27.6 Å². The molecule has 0 spiro atoms. The third kappa shape index (κ3) is 10.4. The Labute approximate surface area is 435 Å². The van der Waals surface area contributed by atoms with E-state index in [2.05, 4.69) is 65.0 Å². The van der Waals surface area contributed by atoms with E-state index >= 15 is 0 Å². The van der Waals surface area contributed by atoms with Crippen LogP contribution in [-0.2, 0) is 25.4 Å². The molecular weight excluding hydrogens is 1010 g/mol. The number of nitrogens with one attached hydrogen (secondary N) is 2. The summed E-state index contributed by atoms with van der Waals surface area (Å²) in [7, 11) is 3.28. The minimum atomic E-state index is -0.816. The molecule has 0 aliphatic carbocycles. The molecule has 3 amide bonds. The Balaban J connectivity index is 0.000000167. The molecule has 2 fully saturated rings. The van der Waals surface area contributed by atoms with Crippen LogP contribution in [-0.4, -0.2) is 95.5 Å². The number of alkyl carbamates (subject to hydrolysis) is 1. The number of carbonyl (C=O) groups is 3. The molecule has 16 nitrogen and oxygen atoms in total. The number of benzene rings is 2. The van der Waals surface area contributed by atoms with Crippen LogP contribution in [0.5, 0.6) is 0 Å². The summed E-state index contributed by atoms with van der Waals surface area (Å²) >= 11 is 6.38. The SMILES string of the molecule is CN1C(=O)C2CNC[C@]2(c2cc(-c3cccc(C#N)c3)cs2)N=C1NC(=O)OC(C)(C)C.Cc1cccnc1Br.Cc1cccnc1N1CC2C(=O)N(C)C(N)=N[C@@]2(c2cc(-c3cccc(C#N)c3)cs2)C1. The lowest BCUT2D eigenvalue weighted by Crippen LogP contribution is -2.56. The van der Waals surface area contributed by atoms with Crippen LogP contribution < -0.4 is 21.3 Å². The van der Waals surface area contributed by atoms with Gasteiger partial charge in [-0.1, -0.05) is 36.4 Å². The van der Waals surface area contributed by atoms with E-state index in [0.717, 1.165) is 48.0 Å². The van der Waals surface area contributed by atoms with Crippen molar-refractivity contribution in [3.8, 4) is 34.4 Å². The second-order valence-corrected chi connectivity index (χ2v) is 21.4. The Hall–Kier alpha value is -7.29. The van der Waals surface area contributed by atoms with E-state index in [1.54, 1.807) is 70.7 Å². The molecule has 4 atom stereocenters. The van der Waals surface area contributed by atoms with Crippen molar-refractivity contribution in [2.45, 2.75) is 51.3 Å². The van der Waals surface area contributed by atoms with Crippen molar-refractivity contribution in [1.29, 1.82) is 10.5 Å². The molecule has 4 aromatic heterocycles. The molecule has 8 heterocycles. The number of fused-ring (bicyclic) bond motifs is 2. The van der Waals surface area contributed by atoms with Crippen LogP contribution in [0.15, 0.2) is 123 Å². The highest BCUT2D eigenvalue weighted by atomic mass is 79.9. The number of aromatic nitrogens is 2. The van der Waals surface area contributed by atoms with Crippen LogP contribution in [0.2, 0.25) is 0 Å². The van der Waals surface area contributed by atoms with Crippen LogP contribution in [0.3, 0.4) is 0 Å². The molecule has 0 radical (unpaired) electrons. The predicted octanol–water partition coefficient (Wildman–Crippen LogP) is 8.32. The summed E-state index contributed by atoms with van der Waals surface area (Å²) in [4.78, 5) is 64.1. The van der Waals surface area contributed by atoms with Gasteiger partial charge in [-0.2, -0.15) is 10.5 Å². The molecule has 0 saturated carbocycles. The number of hydrogen-bond acceptors (Lipinski definition) is 15. The van der Waals surface area contributed by atoms with Crippen molar-refractivity contribution >= 4 is 74.2 Å². The quantitative estimate of drug-likeness (QED) is 0.139. The number of anilines is 1. The summed E-state index contributed by atoms with van der Waals surface area (Å²) in [6.45, 7) is 11.4. The van der Waals surface area contributed by atoms with Gasteiger partial charge < -0.3 is 20.7 Å². The molecule has 4 N–H and O–H groups in total. The number of nitriles is 2. The van der Waals surface area contributed by atoms with Gasteiger partial charge in [0.15, 0.2) is 5.96 Å². The average molecular weight is 1070 g/mol. The second kappa shape index (κ2) is 20.8. The number of thiophene rings is 2. The summed E-state index contributed by atoms with van der Waals surface area (Å²) in [5.41, 5.74) is 11.2. The Bertz CT molecular complexity index is 3180. The van der Waals surface area contributed by atoms with Crippen LogP contribution in [0.25, 0.3) is 22.3 Å². The zero-order valence-electron chi connectivity index (χ0n) is 40.8. The lowest BCUT2D eigenvalue weighted by molar-refractivity contribution is -0.133. The lowest BCUT2D eigenvalue weighted by atomic mass is 9.83. The number of amides is 3. The predicted molar refractivity (Wildman–Crippen MR) is 284 cm³/mol. The van der Waals surface area contributed by atoms with Gasteiger partial charge in [-0.05, 0) is 143 Å². The van der Waals surface area contributed by atoms with E-state index in [1.807, 2.05) is 86.0 Å². The first kappa shape index (κ1) is 51.1. The van der Waals surface area contributed by atoms with Crippen molar-refractivity contribution in [3.63, 3.8) is 0 Å². The number of carbonyl (C=O) groups excluding carboxylic acids is 3. The van der Waals surface area contributed by atoms with Crippen molar-refractivity contribution in [1.82, 2.24) is 30.4 Å². The maximum atomic E-state index is 13.3. The minimum absolute atomic E-state index is 0.0324. The number of nitrogens with zero attached hydrogens (tertiary/aromatic N) is 9. The van der Waals surface area contributed by atoms with E-state index < -0.39 is 22.8 Å². The maximum Gasteiger partial charge on any atom is 0.414 e. The minimum Gasteiger partial charge on any atom is -0.444 e. The van der Waals surface area contributed by atoms with E-state index in [4.69, 9.17) is 20.5 Å². The summed E-state index contributed by atoms with van der Waals surface area (Å²) < 4.78 is 6.28. The van der Waals surface area contributed by atoms with Gasteiger partial charge in [0.1, 0.15) is 27.1 Å². The van der Waals surface area contributed by atoms with Crippen molar-refractivity contribution in [2.75, 3.05) is 45.2 Å². The van der Waals surface area contributed by atoms with Gasteiger partial charge in [0.05, 0.1) is 41.6 Å². The Morgan fingerprint density at radius 2 is 1.39 bits per heavy atom. The number of halogens is 1. The van der Waals surface area contributed by atoms with Gasteiger partial charge in [0.2, 0.25) is 17.8 Å². The van der Waals surface area contributed by atoms with E-state index in [-0.39, 0.29) is 35.6 Å². The smallest absolute Gasteiger partial charge is 0.414 e.